The molecule has 0 radical (unpaired) electrons. The summed E-state index contributed by atoms with van der Waals surface area (Å²) >= 11 is 0. The van der Waals surface area contributed by atoms with Crippen LogP contribution in [0.4, 0.5) is 0 Å². The third-order valence-electron chi connectivity index (χ3n) is 5.71. The van der Waals surface area contributed by atoms with E-state index in [1.165, 1.54) is 6.26 Å². The van der Waals surface area contributed by atoms with Crippen LogP contribution in [0.5, 0.6) is 0 Å². The highest BCUT2D eigenvalue weighted by Gasteiger charge is 2.36. The summed E-state index contributed by atoms with van der Waals surface area (Å²) in [7, 11) is -3.37. The zero-order valence-corrected chi connectivity index (χ0v) is 17.9. The second-order valence-electron chi connectivity index (χ2n) is 7.91. The maximum atomic E-state index is 13.8. The first-order valence-corrected chi connectivity index (χ1v) is 12.2. The lowest BCUT2D eigenvalue weighted by atomic mass is 9.99. The molecular formula is C24H22N2O4S. The lowest BCUT2D eigenvalue weighted by Crippen LogP contribution is -2.42. The van der Waals surface area contributed by atoms with E-state index in [1.807, 2.05) is 60.8 Å². The first kappa shape index (κ1) is 19.6. The largest absolute Gasteiger partial charge is 0.451 e. The molecule has 1 aliphatic heterocycles. The number of benzene rings is 2. The molecule has 0 saturated heterocycles. The van der Waals surface area contributed by atoms with Crippen LogP contribution in [0.2, 0.25) is 0 Å². The summed E-state index contributed by atoms with van der Waals surface area (Å²) in [5.74, 6) is -0.436. The summed E-state index contributed by atoms with van der Waals surface area (Å²) < 4.78 is 32.4. The Bertz CT molecular complexity index is 1370. The van der Waals surface area contributed by atoms with Crippen LogP contribution in [0.25, 0.3) is 11.0 Å². The van der Waals surface area contributed by atoms with Crippen LogP contribution in [-0.2, 0) is 22.1 Å². The van der Waals surface area contributed by atoms with E-state index in [-0.39, 0.29) is 23.5 Å². The van der Waals surface area contributed by atoms with Crippen molar-refractivity contribution in [2.24, 2.45) is 0 Å². The SMILES string of the molecule is CS(=O)(=O)Cc1c(C(=O)N2CCn3cccc3C2c2ccccc2)oc2ccccc12. The summed E-state index contributed by atoms with van der Waals surface area (Å²) in [5.41, 5.74) is 2.96. The summed E-state index contributed by atoms with van der Waals surface area (Å²) in [5, 5.41) is 0.660. The van der Waals surface area contributed by atoms with Gasteiger partial charge in [-0.25, -0.2) is 8.42 Å². The molecule has 0 aliphatic carbocycles. The Hall–Kier alpha value is -3.32. The average molecular weight is 435 g/mol. The van der Waals surface area contributed by atoms with Gasteiger partial charge in [-0.05, 0) is 23.8 Å². The van der Waals surface area contributed by atoms with Gasteiger partial charge in [0, 0.05) is 42.2 Å². The fourth-order valence-electron chi connectivity index (χ4n) is 4.40. The van der Waals surface area contributed by atoms with Gasteiger partial charge in [0.1, 0.15) is 5.58 Å². The molecule has 5 rings (SSSR count). The van der Waals surface area contributed by atoms with Crippen LogP contribution in [0.15, 0.2) is 77.3 Å². The summed E-state index contributed by atoms with van der Waals surface area (Å²) in [4.78, 5) is 15.6. The Balaban J connectivity index is 1.64. The molecule has 1 amide bonds. The summed E-state index contributed by atoms with van der Waals surface area (Å²) in [6.07, 6.45) is 3.19. The Labute approximate surface area is 180 Å². The first-order chi connectivity index (χ1) is 14.9. The highest BCUT2D eigenvalue weighted by molar-refractivity contribution is 7.89. The van der Waals surface area contributed by atoms with Gasteiger partial charge >= 0.3 is 0 Å². The number of amides is 1. The normalized spacial score (nSPS) is 16.4. The molecular weight excluding hydrogens is 412 g/mol. The minimum absolute atomic E-state index is 0.104. The molecule has 1 atom stereocenters. The van der Waals surface area contributed by atoms with Crippen LogP contribution in [-0.4, -0.2) is 36.6 Å². The minimum Gasteiger partial charge on any atom is -0.451 e. The van der Waals surface area contributed by atoms with Gasteiger partial charge in [0.25, 0.3) is 5.91 Å². The van der Waals surface area contributed by atoms with Gasteiger partial charge in [-0.3, -0.25) is 4.79 Å². The number of rotatable bonds is 4. The third-order valence-corrected chi connectivity index (χ3v) is 6.53. The molecule has 0 N–H and O–H groups in total. The van der Waals surface area contributed by atoms with Gasteiger partial charge in [-0.2, -0.15) is 0 Å². The third kappa shape index (κ3) is 3.55. The number of hydrogen-bond acceptors (Lipinski definition) is 4. The quantitative estimate of drug-likeness (QED) is 0.486. The van der Waals surface area contributed by atoms with Crippen molar-refractivity contribution in [2.75, 3.05) is 12.8 Å². The van der Waals surface area contributed by atoms with Crippen LogP contribution >= 0.6 is 0 Å². The number of sulfone groups is 1. The number of aromatic nitrogens is 1. The Morgan fingerprint density at radius 3 is 2.52 bits per heavy atom. The number of nitrogens with zero attached hydrogens (tertiary/aromatic N) is 2. The van der Waals surface area contributed by atoms with E-state index < -0.39 is 9.84 Å². The lowest BCUT2D eigenvalue weighted by molar-refractivity contribution is 0.0632. The molecule has 1 aliphatic rings. The van der Waals surface area contributed by atoms with Crippen molar-refractivity contribution in [3.05, 3.63) is 95.5 Å². The van der Waals surface area contributed by atoms with Crippen molar-refractivity contribution in [3.63, 3.8) is 0 Å². The second-order valence-corrected chi connectivity index (χ2v) is 10.1. The van der Waals surface area contributed by atoms with E-state index in [2.05, 4.69) is 4.57 Å². The number of carbonyl (C=O) groups excluding carboxylic acids is 1. The second kappa shape index (κ2) is 7.42. The molecule has 158 valence electrons. The van der Waals surface area contributed by atoms with Gasteiger partial charge in [-0.1, -0.05) is 48.5 Å². The molecule has 4 aromatic rings. The summed E-state index contributed by atoms with van der Waals surface area (Å²) in [6, 6.07) is 20.8. The number of fused-ring (bicyclic) bond motifs is 2. The summed E-state index contributed by atoms with van der Waals surface area (Å²) in [6.45, 7) is 1.16. The van der Waals surface area contributed by atoms with Crippen molar-refractivity contribution >= 4 is 26.7 Å². The lowest BCUT2D eigenvalue weighted by Gasteiger charge is -2.37. The number of furan rings is 1. The highest BCUT2D eigenvalue weighted by Crippen LogP contribution is 2.36. The number of hydrogen-bond donors (Lipinski definition) is 0. The smallest absolute Gasteiger partial charge is 0.290 e. The van der Waals surface area contributed by atoms with E-state index in [0.717, 1.165) is 11.3 Å². The van der Waals surface area contributed by atoms with Crippen molar-refractivity contribution in [1.29, 1.82) is 0 Å². The van der Waals surface area contributed by atoms with Crippen molar-refractivity contribution < 1.29 is 17.6 Å². The first-order valence-electron chi connectivity index (χ1n) is 10.1. The van der Waals surface area contributed by atoms with Crippen LogP contribution in [0.3, 0.4) is 0 Å². The maximum Gasteiger partial charge on any atom is 0.290 e. The predicted octanol–water partition coefficient (Wildman–Crippen LogP) is 4.02. The van der Waals surface area contributed by atoms with E-state index in [9.17, 15) is 13.2 Å². The highest BCUT2D eigenvalue weighted by atomic mass is 32.2. The Morgan fingerprint density at radius 2 is 1.74 bits per heavy atom. The fraction of sp³-hybridized carbons (Fsp3) is 0.208. The Kier molecular flexibility index (Phi) is 4.70. The molecule has 2 aromatic heterocycles. The van der Waals surface area contributed by atoms with Gasteiger partial charge < -0.3 is 13.9 Å². The Morgan fingerprint density at radius 1 is 1.00 bits per heavy atom. The van der Waals surface area contributed by atoms with Gasteiger partial charge in [0.2, 0.25) is 0 Å². The van der Waals surface area contributed by atoms with Gasteiger partial charge in [0.15, 0.2) is 15.6 Å². The zero-order valence-electron chi connectivity index (χ0n) is 17.1. The molecule has 3 heterocycles. The standard InChI is InChI=1S/C24H22N2O4S/c1-31(28,29)16-19-18-10-5-6-12-21(18)30-23(19)24(27)26-15-14-25-13-7-11-20(25)22(26)17-8-3-2-4-9-17/h2-13,22H,14-16H2,1H3. The molecule has 31 heavy (non-hydrogen) atoms. The van der Waals surface area contributed by atoms with Crippen molar-refractivity contribution in [2.45, 2.75) is 18.3 Å². The zero-order chi connectivity index (χ0) is 21.6. The monoisotopic (exact) mass is 434 g/mol. The molecule has 7 heteroatoms. The number of para-hydroxylation sites is 1. The van der Waals surface area contributed by atoms with Crippen molar-refractivity contribution in [1.82, 2.24) is 9.47 Å². The molecule has 0 fully saturated rings. The number of carbonyl (C=O) groups is 1. The van der Waals surface area contributed by atoms with E-state index in [1.54, 1.807) is 17.0 Å². The molecule has 0 spiro atoms. The van der Waals surface area contributed by atoms with Gasteiger partial charge in [-0.15, -0.1) is 0 Å². The maximum absolute atomic E-state index is 13.8. The van der Waals surface area contributed by atoms with E-state index >= 15 is 0 Å². The van der Waals surface area contributed by atoms with Crippen LogP contribution < -0.4 is 0 Å². The topological polar surface area (TPSA) is 72.5 Å². The van der Waals surface area contributed by atoms with E-state index in [4.69, 9.17) is 4.42 Å². The molecule has 6 nitrogen and oxygen atoms in total. The minimum atomic E-state index is -3.37. The molecule has 2 aromatic carbocycles. The van der Waals surface area contributed by atoms with Crippen LogP contribution in [0, 0.1) is 0 Å². The van der Waals surface area contributed by atoms with E-state index in [0.29, 0.717) is 29.6 Å². The van der Waals surface area contributed by atoms with Crippen molar-refractivity contribution in [3.8, 4) is 0 Å². The van der Waals surface area contributed by atoms with Crippen LogP contribution in [0.1, 0.15) is 33.4 Å². The van der Waals surface area contributed by atoms with Gasteiger partial charge in [0.05, 0.1) is 11.8 Å². The molecule has 1 unspecified atom stereocenters. The molecule has 0 bridgehead atoms. The fourth-order valence-corrected chi connectivity index (χ4v) is 5.21. The predicted molar refractivity (Wildman–Crippen MR) is 119 cm³/mol. The average Bonchev–Trinajstić information content (AvgIpc) is 3.37. The molecule has 0 saturated carbocycles.